The van der Waals surface area contributed by atoms with Gasteiger partial charge in [0.1, 0.15) is 5.01 Å². The van der Waals surface area contributed by atoms with Gasteiger partial charge in [-0.25, -0.2) is 0 Å². The number of rotatable bonds is 5. The first-order valence-corrected chi connectivity index (χ1v) is 6.01. The molecular weight excluding hydrogens is 226 g/mol. The van der Waals surface area contributed by atoms with Crippen LogP contribution >= 0.6 is 11.3 Å². The first kappa shape index (κ1) is 12.9. The van der Waals surface area contributed by atoms with Crippen LogP contribution in [0.15, 0.2) is 0 Å². The molecule has 2 N–H and O–H groups in total. The topological polar surface area (TPSA) is 75.1 Å². The van der Waals surface area contributed by atoms with Crippen molar-refractivity contribution >= 4 is 22.4 Å². The van der Waals surface area contributed by atoms with Gasteiger partial charge in [0.15, 0.2) is 0 Å². The van der Waals surface area contributed by atoms with Crippen LogP contribution in [0.25, 0.3) is 0 Å². The van der Waals surface area contributed by atoms with Crippen LogP contribution in [0.5, 0.6) is 0 Å². The van der Waals surface area contributed by atoms with E-state index in [1.54, 1.807) is 0 Å². The van der Waals surface area contributed by atoms with Gasteiger partial charge < -0.3 is 10.4 Å². The molecule has 0 aliphatic heterocycles. The molecule has 0 aliphatic carbocycles. The van der Waals surface area contributed by atoms with Crippen molar-refractivity contribution in [2.75, 3.05) is 11.9 Å². The number of carboxylic acid groups (broad SMARTS) is 1. The largest absolute Gasteiger partial charge is 0.481 e. The molecule has 0 atom stereocenters. The Kier molecular flexibility index (Phi) is 4.23. The summed E-state index contributed by atoms with van der Waals surface area (Å²) in [6.45, 7) is 6.87. The predicted octanol–water partition coefficient (Wildman–Crippen LogP) is 2.11. The highest BCUT2D eigenvalue weighted by Crippen LogP contribution is 2.27. The molecule has 0 spiro atoms. The number of aliphatic carboxylic acids is 1. The molecule has 0 amide bonds. The molecule has 0 saturated heterocycles. The second-order valence-corrected chi connectivity index (χ2v) is 5.56. The lowest BCUT2D eigenvalue weighted by Crippen LogP contribution is -2.10. The van der Waals surface area contributed by atoms with Crippen molar-refractivity contribution in [3.63, 3.8) is 0 Å². The number of carboxylic acids is 1. The summed E-state index contributed by atoms with van der Waals surface area (Å²) in [7, 11) is 0. The van der Waals surface area contributed by atoms with E-state index in [0.29, 0.717) is 13.0 Å². The highest BCUT2D eigenvalue weighted by Gasteiger charge is 2.19. The minimum Gasteiger partial charge on any atom is -0.481 e. The fourth-order valence-electron chi connectivity index (χ4n) is 1.03. The van der Waals surface area contributed by atoms with Crippen LogP contribution in [0.2, 0.25) is 0 Å². The molecule has 0 aliphatic rings. The normalized spacial score (nSPS) is 11.4. The van der Waals surface area contributed by atoms with Crippen molar-refractivity contribution in [3.05, 3.63) is 5.01 Å². The molecule has 0 aromatic carbocycles. The summed E-state index contributed by atoms with van der Waals surface area (Å²) < 4.78 is 0. The van der Waals surface area contributed by atoms with Crippen LogP contribution in [0.3, 0.4) is 0 Å². The highest BCUT2D eigenvalue weighted by atomic mass is 32.1. The summed E-state index contributed by atoms with van der Waals surface area (Å²) in [6.07, 6.45) is 0.775. The van der Waals surface area contributed by atoms with Crippen LogP contribution in [0.1, 0.15) is 38.6 Å². The summed E-state index contributed by atoms with van der Waals surface area (Å²) in [5.74, 6) is -0.769. The number of aromatic nitrogens is 2. The molecule has 1 heterocycles. The molecule has 16 heavy (non-hydrogen) atoms. The van der Waals surface area contributed by atoms with E-state index in [-0.39, 0.29) is 11.8 Å². The molecule has 0 radical (unpaired) electrons. The van der Waals surface area contributed by atoms with Gasteiger partial charge in [0.2, 0.25) is 5.13 Å². The number of hydrogen-bond donors (Lipinski definition) is 2. The van der Waals surface area contributed by atoms with Crippen molar-refractivity contribution in [2.24, 2.45) is 0 Å². The van der Waals surface area contributed by atoms with Crippen LogP contribution in [-0.2, 0) is 10.2 Å². The molecular formula is C10H17N3O2S. The first-order chi connectivity index (χ1) is 7.39. The zero-order chi connectivity index (χ0) is 12.2. The van der Waals surface area contributed by atoms with Crippen molar-refractivity contribution in [1.82, 2.24) is 10.2 Å². The lowest BCUT2D eigenvalue weighted by molar-refractivity contribution is -0.137. The summed E-state index contributed by atoms with van der Waals surface area (Å²) in [5.41, 5.74) is 0.0126. The van der Waals surface area contributed by atoms with Gasteiger partial charge in [-0.15, -0.1) is 10.2 Å². The Hall–Kier alpha value is -1.17. The quantitative estimate of drug-likeness (QED) is 0.775. The smallest absolute Gasteiger partial charge is 0.303 e. The Bertz CT molecular complexity index is 357. The second-order valence-electron chi connectivity index (χ2n) is 4.59. The molecule has 1 rings (SSSR count). The zero-order valence-corrected chi connectivity index (χ0v) is 10.6. The maximum atomic E-state index is 10.3. The maximum absolute atomic E-state index is 10.3. The van der Waals surface area contributed by atoms with E-state index < -0.39 is 5.97 Å². The standard InChI is InChI=1S/C10H17N3O2S/c1-10(2,3)8-12-13-9(16-8)11-6-4-5-7(14)15/h4-6H2,1-3H3,(H,11,13)(H,14,15). The number of anilines is 1. The van der Waals surface area contributed by atoms with Gasteiger partial charge in [0.05, 0.1) is 0 Å². The van der Waals surface area contributed by atoms with E-state index in [2.05, 4.69) is 36.3 Å². The van der Waals surface area contributed by atoms with Crippen LogP contribution in [-0.4, -0.2) is 27.8 Å². The Labute approximate surface area is 98.9 Å². The maximum Gasteiger partial charge on any atom is 0.303 e. The molecule has 0 fully saturated rings. The molecule has 90 valence electrons. The van der Waals surface area contributed by atoms with E-state index in [0.717, 1.165) is 10.1 Å². The number of carbonyl (C=O) groups is 1. The molecule has 0 saturated carbocycles. The summed E-state index contributed by atoms with van der Waals surface area (Å²) in [4.78, 5) is 10.3. The third-order valence-corrected chi connectivity index (χ3v) is 3.22. The SMILES string of the molecule is CC(C)(C)c1nnc(NCCCC(=O)O)s1. The second kappa shape index (κ2) is 5.25. The lowest BCUT2D eigenvalue weighted by atomic mass is 9.98. The fourth-order valence-corrected chi connectivity index (χ4v) is 1.86. The van der Waals surface area contributed by atoms with E-state index >= 15 is 0 Å². The summed E-state index contributed by atoms with van der Waals surface area (Å²) in [5, 5.41) is 21.4. The monoisotopic (exact) mass is 243 g/mol. The lowest BCUT2D eigenvalue weighted by Gasteiger charge is -2.12. The van der Waals surface area contributed by atoms with Gasteiger partial charge in [-0.1, -0.05) is 32.1 Å². The number of hydrogen-bond acceptors (Lipinski definition) is 5. The Morgan fingerprint density at radius 2 is 2.12 bits per heavy atom. The predicted molar refractivity (Wildman–Crippen MR) is 64.0 cm³/mol. The fraction of sp³-hybridized carbons (Fsp3) is 0.700. The van der Waals surface area contributed by atoms with Gasteiger partial charge in [-0.2, -0.15) is 0 Å². The minimum absolute atomic E-state index is 0.0126. The Balaban J connectivity index is 2.38. The van der Waals surface area contributed by atoms with E-state index in [4.69, 9.17) is 5.11 Å². The van der Waals surface area contributed by atoms with E-state index in [9.17, 15) is 4.79 Å². The Morgan fingerprint density at radius 1 is 1.44 bits per heavy atom. The number of nitrogens with zero attached hydrogens (tertiary/aromatic N) is 2. The van der Waals surface area contributed by atoms with Gasteiger partial charge in [-0.3, -0.25) is 4.79 Å². The molecule has 6 heteroatoms. The van der Waals surface area contributed by atoms with Gasteiger partial charge in [0.25, 0.3) is 0 Å². The Morgan fingerprint density at radius 3 is 2.62 bits per heavy atom. The van der Waals surface area contributed by atoms with E-state index in [1.165, 1.54) is 11.3 Å². The average molecular weight is 243 g/mol. The highest BCUT2D eigenvalue weighted by molar-refractivity contribution is 7.15. The van der Waals surface area contributed by atoms with Gasteiger partial charge in [0, 0.05) is 18.4 Å². The summed E-state index contributed by atoms with van der Waals surface area (Å²) >= 11 is 1.52. The molecule has 1 aromatic heterocycles. The van der Waals surface area contributed by atoms with Crippen LogP contribution in [0, 0.1) is 0 Å². The van der Waals surface area contributed by atoms with Crippen molar-refractivity contribution in [2.45, 2.75) is 39.0 Å². The third kappa shape index (κ3) is 4.14. The van der Waals surface area contributed by atoms with Crippen molar-refractivity contribution < 1.29 is 9.90 Å². The van der Waals surface area contributed by atoms with Crippen LogP contribution < -0.4 is 5.32 Å². The zero-order valence-electron chi connectivity index (χ0n) is 9.78. The van der Waals surface area contributed by atoms with Gasteiger partial charge in [-0.05, 0) is 6.42 Å². The van der Waals surface area contributed by atoms with Gasteiger partial charge >= 0.3 is 5.97 Å². The molecule has 0 bridgehead atoms. The number of nitrogens with one attached hydrogen (secondary N) is 1. The molecule has 5 nitrogen and oxygen atoms in total. The summed E-state index contributed by atoms with van der Waals surface area (Å²) in [6, 6.07) is 0. The van der Waals surface area contributed by atoms with E-state index in [1.807, 2.05) is 0 Å². The molecule has 0 unspecified atom stereocenters. The minimum atomic E-state index is -0.769. The first-order valence-electron chi connectivity index (χ1n) is 5.19. The van der Waals surface area contributed by atoms with Crippen molar-refractivity contribution in [3.8, 4) is 0 Å². The average Bonchev–Trinajstić information content (AvgIpc) is 2.59. The van der Waals surface area contributed by atoms with Crippen LogP contribution in [0.4, 0.5) is 5.13 Å². The van der Waals surface area contributed by atoms with Crippen molar-refractivity contribution in [1.29, 1.82) is 0 Å². The molecule has 1 aromatic rings. The third-order valence-electron chi connectivity index (χ3n) is 1.91.